The predicted octanol–water partition coefficient (Wildman–Crippen LogP) is 1.58. The third kappa shape index (κ3) is 3.44. The molecule has 0 radical (unpaired) electrons. The minimum atomic E-state index is -4.49. The molecule has 2 aliphatic rings. The molecule has 1 aromatic rings. The number of hydrogen-bond donors (Lipinski definition) is 3. The molecule has 0 aliphatic carbocycles. The second kappa shape index (κ2) is 6.50. The third-order valence-electron chi connectivity index (χ3n) is 4.50. The van der Waals surface area contributed by atoms with Crippen molar-refractivity contribution in [1.82, 2.24) is 15.5 Å². The fourth-order valence-corrected chi connectivity index (χ4v) is 3.16. The molecule has 3 N–H and O–H groups in total. The summed E-state index contributed by atoms with van der Waals surface area (Å²) in [5.41, 5.74) is 0.313. The number of imide groups is 1. The number of nitrogens with zero attached hydrogens (tertiary/aromatic N) is 1. The summed E-state index contributed by atoms with van der Waals surface area (Å²) >= 11 is 0. The lowest BCUT2D eigenvalue weighted by atomic mass is 10.0. The highest BCUT2D eigenvalue weighted by Gasteiger charge is 2.36. The van der Waals surface area contributed by atoms with E-state index in [0.29, 0.717) is 11.1 Å². The van der Waals surface area contributed by atoms with Gasteiger partial charge in [0.25, 0.3) is 5.91 Å². The van der Waals surface area contributed by atoms with Gasteiger partial charge in [-0.3, -0.25) is 14.9 Å². The van der Waals surface area contributed by atoms with Gasteiger partial charge >= 0.3 is 12.2 Å². The lowest BCUT2D eigenvalue weighted by Gasteiger charge is -2.16. The molecule has 1 saturated heterocycles. The van der Waals surface area contributed by atoms with Crippen LogP contribution in [0.25, 0.3) is 0 Å². The van der Waals surface area contributed by atoms with Crippen LogP contribution in [0.5, 0.6) is 0 Å². The van der Waals surface area contributed by atoms with Gasteiger partial charge in [0.2, 0.25) is 5.91 Å². The summed E-state index contributed by atoms with van der Waals surface area (Å²) in [6, 6.07) is 1.12. The van der Waals surface area contributed by atoms with E-state index in [-0.39, 0.29) is 37.5 Å². The third-order valence-corrected chi connectivity index (χ3v) is 4.50. The van der Waals surface area contributed by atoms with Gasteiger partial charge in [-0.15, -0.1) is 0 Å². The molecule has 140 valence electrons. The molecular weight excluding hydrogens is 353 g/mol. The molecule has 7 nitrogen and oxygen atoms in total. The molecule has 10 heteroatoms. The molecule has 2 aliphatic heterocycles. The second-order valence-electron chi connectivity index (χ2n) is 6.22. The van der Waals surface area contributed by atoms with E-state index in [4.69, 9.17) is 0 Å². The Balaban J connectivity index is 1.67. The molecule has 0 bridgehead atoms. The molecular formula is C16H17F3N4O3. The number of carbonyl (C=O) groups is 3. The summed E-state index contributed by atoms with van der Waals surface area (Å²) < 4.78 is 39.4. The van der Waals surface area contributed by atoms with Gasteiger partial charge in [0.1, 0.15) is 6.04 Å². The zero-order chi connectivity index (χ0) is 19.1. The lowest BCUT2D eigenvalue weighted by Crippen LogP contribution is -2.32. The lowest BCUT2D eigenvalue weighted by molar-refractivity contribution is -0.137. The van der Waals surface area contributed by atoms with Gasteiger partial charge in [-0.1, -0.05) is 0 Å². The van der Waals surface area contributed by atoms with Crippen LogP contribution < -0.4 is 16.0 Å². The Morgan fingerprint density at radius 2 is 1.92 bits per heavy atom. The molecule has 2 heterocycles. The van der Waals surface area contributed by atoms with E-state index in [2.05, 4.69) is 16.0 Å². The van der Waals surface area contributed by atoms with Crippen molar-refractivity contribution in [2.75, 3.05) is 12.4 Å². The van der Waals surface area contributed by atoms with Crippen LogP contribution in [-0.4, -0.2) is 35.8 Å². The maximum atomic E-state index is 13.1. The number of halogens is 3. The first kappa shape index (κ1) is 18.0. The molecule has 1 atom stereocenters. The number of anilines is 1. The number of benzene rings is 1. The number of carbonyl (C=O) groups excluding carboxylic acids is 3. The topological polar surface area (TPSA) is 90.5 Å². The first-order chi connectivity index (χ1) is 12.2. The van der Waals surface area contributed by atoms with Crippen molar-refractivity contribution in [2.45, 2.75) is 38.1 Å². The zero-order valence-electron chi connectivity index (χ0n) is 13.9. The van der Waals surface area contributed by atoms with Gasteiger partial charge in [-0.05, 0) is 29.7 Å². The standard InChI is InChI=1S/C16H17F3N4O3/c1-20-12-5-9-7-23(6-8(9)4-10(12)16(17,18)19)13(24)3-2-11-14(25)22-15(26)21-11/h4-5,11,20H,2-3,6-7H2,1H3,(H2,21,22,25,26)/t11-/m1/s1. The maximum absolute atomic E-state index is 13.1. The Hall–Kier alpha value is -2.78. The number of fused-ring (bicyclic) bond motifs is 1. The van der Waals surface area contributed by atoms with Crippen molar-refractivity contribution >= 4 is 23.5 Å². The molecule has 1 aromatic carbocycles. The molecule has 0 spiro atoms. The number of alkyl halides is 3. The first-order valence-corrected chi connectivity index (χ1v) is 7.99. The number of hydrogen-bond acceptors (Lipinski definition) is 4. The number of urea groups is 1. The van der Waals surface area contributed by atoms with E-state index in [1.165, 1.54) is 18.0 Å². The molecule has 3 rings (SSSR count). The number of rotatable bonds is 4. The quantitative estimate of drug-likeness (QED) is 0.702. The van der Waals surface area contributed by atoms with Crippen LogP contribution in [0.1, 0.15) is 29.5 Å². The minimum Gasteiger partial charge on any atom is -0.388 e. The van der Waals surface area contributed by atoms with Gasteiger partial charge in [0.05, 0.1) is 5.56 Å². The van der Waals surface area contributed by atoms with E-state index in [9.17, 15) is 27.6 Å². The van der Waals surface area contributed by atoms with Gasteiger partial charge in [0.15, 0.2) is 0 Å². The number of amides is 4. The summed E-state index contributed by atoms with van der Waals surface area (Å²) in [7, 11) is 1.41. The fraction of sp³-hybridized carbons (Fsp3) is 0.438. The SMILES string of the molecule is CNc1cc2c(cc1C(F)(F)F)CN(C(=O)CC[C@H]1NC(=O)NC1=O)C2. The van der Waals surface area contributed by atoms with Crippen LogP contribution in [0, 0.1) is 0 Å². The predicted molar refractivity (Wildman–Crippen MR) is 84.9 cm³/mol. The van der Waals surface area contributed by atoms with Crippen molar-refractivity contribution in [3.8, 4) is 0 Å². The van der Waals surface area contributed by atoms with Crippen LogP contribution in [0.4, 0.5) is 23.7 Å². The van der Waals surface area contributed by atoms with Crippen LogP contribution in [0.2, 0.25) is 0 Å². The van der Waals surface area contributed by atoms with Gasteiger partial charge < -0.3 is 15.5 Å². The zero-order valence-corrected chi connectivity index (χ0v) is 13.9. The Morgan fingerprint density at radius 1 is 1.27 bits per heavy atom. The average Bonchev–Trinajstić information content (AvgIpc) is 3.12. The summed E-state index contributed by atoms with van der Waals surface area (Å²) in [6.45, 7) is 0.300. The van der Waals surface area contributed by atoms with E-state index in [0.717, 1.165) is 6.07 Å². The molecule has 0 saturated carbocycles. The molecule has 4 amide bonds. The van der Waals surface area contributed by atoms with Gasteiger partial charge in [-0.2, -0.15) is 13.2 Å². The van der Waals surface area contributed by atoms with E-state index >= 15 is 0 Å². The van der Waals surface area contributed by atoms with Crippen molar-refractivity contribution in [2.24, 2.45) is 0 Å². The molecule has 0 aromatic heterocycles. The highest BCUT2D eigenvalue weighted by atomic mass is 19.4. The monoisotopic (exact) mass is 370 g/mol. The normalized spacial score (nSPS) is 19.2. The van der Waals surface area contributed by atoms with E-state index < -0.39 is 29.7 Å². The van der Waals surface area contributed by atoms with Crippen LogP contribution in [-0.2, 0) is 28.9 Å². The van der Waals surface area contributed by atoms with Crippen molar-refractivity contribution in [3.63, 3.8) is 0 Å². The van der Waals surface area contributed by atoms with Gasteiger partial charge in [-0.25, -0.2) is 4.79 Å². The highest BCUT2D eigenvalue weighted by Crippen LogP contribution is 2.38. The van der Waals surface area contributed by atoms with Crippen molar-refractivity contribution in [1.29, 1.82) is 0 Å². The maximum Gasteiger partial charge on any atom is 0.418 e. The molecule has 1 fully saturated rings. The number of nitrogens with one attached hydrogen (secondary N) is 3. The van der Waals surface area contributed by atoms with Gasteiger partial charge in [0, 0.05) is 32.2 Å². The van der Waals surface area contributed by atoms with E-state index in [1.807, 2.05) is 0 Å². The smallest absolute Gasteiger partial charge is 0.388 e. The van der Waals surface area contributed by atoms with Crippen LogP contribution in [0.15, 0.2) is 12.1 Å². The van der Waals surface area contributed by atoms with Crippen LogP contribution in [0.3, 0.4) is 0 Å². The Morgan fingerprint density at radius 3 is 2.46 bits per heavy atom. The Kier molecular flexibility index (Phi) is 4.51. The Labute approximate surface area is 146 Å². The highest BCUT2D eigenvalue weighted by molar-refractivity contribution is 6.04. The van der Waals surface area contributed by atoms with Crippen molar-refractivity contribution in [3.05, 3.63) is 28.8 Å². The van der Waals surface area contributed by atoms with Crippen molar-refractivity contribution < 1.29 is 27.6 Å². The van der Waals surface area contributed by atoms with Crippen LogP contribution >= 0.6 is 0 Å². The Bertz CT molecular complexity index is 779. The summed E-state index contributed by atoms with van der Waals surface area (Å²) in [5.74, 6) is -0.768. The summed E-state index contributed by atoms with van der Waals surface area (Å²) in [5, 5.41) is 7.02. The van der Waals surface area contributed by atoms with E-state index in [1.54, 1.807) is 0 Å². The first-order valence-electron chi connectivity index (χ1n) is 7.99. The molecule has 0 unspecified atom stereocenters. The molecule has 26 heavy (non-hydrogen) atoms. The minimum absolute atomic E-state index is 0.0113. The summed E-state index contributed by atoms with van der Waals surface area (Å²) in [6.07, 6.45) is -4.34. The largest absolute Gasteiger partial charge is 0.418 e. The second-order valence-corrected chi connectivity index (χ2v) is 6.22. The average molecular weight is 370 g/mol. The fourth-order valence-electron chi connectivity index (χ4n) is 3.16. The summed E-state index contributed by atoms with van der Waals surface area (Å²) in [4.78, 5) is 36.3.